The van der Waals surface area contributed by atoms with Crippen LogP contribution >= 0.6 is 11.3 Å². The van der Waals surface area contributed by atoms with Crippen molar-refractivity contribution in [3.05, 3.63) is 47.4 Å². The number of morpholine rings is 1. The number of nitrogens with two attached hydrogens (primary N) is 1. The molecule has 174 valence electrons. The molecule has 3 aromatic rings. The summed E-state index contributed by atoms with van der Waals surface area (Å²) in [4.78, 5) is 26.5. The molecule has 0 saturated carbocycles. The second-order valence-electron chi connectivity index (χ2n) is 8.73. The predicted octanol–water partition coefficient (Wildman–Crippen LogP) is 3.27. The van der Waals surface area contributed by atoms with Gasteiger partial charge in [0.1, 0.15) is 5.82 Å². The summed E-state index contributed by atoms with van der Waals surface area (Å²) >= 11 is 1.58. The number of ether oxygens (including phenoxy) is 1. The molecule has 0 aliphatic carbocycles. The lowest BCUT2D eigenvalue weighted by Crippen LogP contribution is -2.36. The van der Waals surface area contributed by atoms with Crippen LogP contribution in [0.3, 0.4) is 0 Å². The normalized spacial score (nSPS) is 17.6. The Balaban J connectivity index is 1.31. The van der Waals surface area contributed by atoms with Gasteiger partial charge < -0.3 is 20.3 Å². The van der Waals surface area contributed by atoms with Gasteiger partial charge in [0.2, 0.25) is 0 Å². The van der Waals surface area contributed by atoms with Gasteiger partial charge in [-0.25, -0.2) is 9.37 Å². The number of anilines is 2. The molecule has 7 nitrogen and oxygen atoms in total. The maximum atomic E-state index is 14.4. The molecule has 2 fully saturated rings. The second-order valence-corrected chi connectivity index (χ2v) is 9.73. The Hall–Kier alpha value is -2.62. The molecule has 0 unspecified atom stereocenters. The van der Waals surface area contributed by atoms with Gasteiger partial charge in [0.05, 0.1) is 17.9 Å². The summed E-state index contributed by atoms with van der Waals surface area (Å²) in [5.74, 6) is 0.0171. The molecular formula is C24H28FN5O2S. The zero-order chi connectivity index (χ0) is 22.8. The van der Waals surface area contributed by atoms with Crippen molar-refractivity contribution in [3.63, 3.8) is 0 Å². The van der Waals surface area contributed by atoms with Crippen molar-refractivity contribution in [2.24, 2.45) is 11.7 Å². The standard InChI is InChI=1S/C24H28FN5O2S/c25-19-11-18(12-20(13-19)29-3-1-16(14-26)2-4-29)21(31)9-17-10-22-23(27-15-17)28-24(33-22)30-5-7-32-8-6-30/h10-13,15-16H,1-9,14,26H2. The van der Waals surface area contributed by atoms with E-state index in [0.717, 1.165) is 60.1 Å². The lowest BCUT2D eigenvalue weighted by Gasteiger charge is -2.33. The van der Waals surface area contributed by atoms with Crippen molar-refractivity contribution in [2.75, 3.05) is 55.7 Å². The van der Waals surface area contributed by atoms with E-state index < -0.39 is 0 Å². The van der Waals surface area contributed by atoms with Crippen molar-refractivity contribution in [1.29, 1.82) is 0 Å². The summed E-state index contributed by atoms with van der Waals surface area (Å²) in [6.45, 7) is 5.38. The quantitative estimate of drug-likeness (QED) is 0.555. The van der Waals surface area contributed by atoms with Gasteiger partial charge in [0.25, 0.3) is 0 Å². The van der Waals surface area contributed by atoms with E-state index in [1.54, 1.807) is 17.5 Å². The fraction of sp³-hybridized carbons (Fsp3) is 0.458. The Morgan fingerprint density at radius 3 is 2.67 bits per heavy atom. The van der Waals surface area contributed by atoms with Crippen LogP contribution in [0.5, 0.6) is 0 Å². The van der Waals surface area contributed by atoms with Gasteiger partial charge in [0.15, 0.2) is 16.6 Å². The zero-order valence-electron chi connectivity index (χ0n) is 18.5. The average molecular weight is 470 g/mol. The number of nitrogens with zero attached hydrogens (tertiary/aromatic N) is 4. The molecule has 33 heavy (non-hydrogen) atoms. The number of hydrogen-bond acceptors (Lipinski definition) is 8. The SMILES string of the molecule is NCC1CCN(c2cc(F)cc(C(=O)Cc3cnc4nc(N5CCOCC5)sc4c3)c2)CC1. The average Bonchev–Trinajstić information content (AvgIpc) is 3.28. The molecule has 0 bridgehead atoms. The first-order valence-electron chi connectivity index (χ1n) is 11.5. The molecular weight excluding hydrogens is 441 g/mol. The van der Waals surface area contributed by atoms with Crippen LogP contribution in [0.2, 0.25) is 0 Å². The molecule has 0 atom stereocenters. The van der Waals surface area contributed by atoms with E-state index in [0.29, 0.717) is 36.9 Å². The number of benzene rings is 1. The number of carbonyl (C=O) groups excluding carboxylic acids is 1. The van der Waals surface area contributed by atoms with E-state index in [1.165, 1.54) is 12.1 Å². The Labute approximate surface area is 196 Å². The number of hydrogen-bond donors (Lipinski definition) is 1. The first kappa shape index (κ1) is 22.2. The number of piperidine rings is 1. The monoisotopic (exact) mass is 469 g/mol. The van der Waals surface area contributed by atoms with Crippen LogP contribution in [0, 0.1) is 11.7 Å². The van der Waals surface area contributed by atoms with E-state index in [4.69, 9.17) is 10.5 Å². The summed E-state index contributed by atoms with van der Waals surface area (Å²) in [6.07, 6.45) is 3.85. The minimum Gasteiger partial charge on any atom is -0.378 e. The van der Waals surface area contributed by atoms with Crippen LogP contribution in [-0.4, -0.2) is 61.7 Å². The molecule has 1 aromatic carbocycles. The van der Waals surface area contributed by atoms with Crippen molar-refractivity contribution in [1.82, 2.24) is 9.97 Å². The lowest BCUT2D eigenvalue weighted by molar-refractivity contribution is 0.0992. The smallest absolute Gasteiger partial charge is 0.188 e. The van der Waals surface area contributed by atoms with Gasteiger partial charge in [-0.15, -0.1) is 0 Å². The van der Waals surface area contributed by atoms with Gasteiger partial charge in [-0.3, -0.25) is 4.79 Å². The molecule has 0 radical (unpaired) electrons. The Morgan fingerprint density at radius 2 is 1.91 bits per heavy atom. The van der Waals surface area contributed by atoms with Crippen molar-refractivity contribution in [2.45, 2.75) is 19.3 Å². The zero-order valence-corrected chi connectivity index (χ0v) is 19.3. The van der Waals surface area contributed by atoms with Crippen LogP contribution in [0.25, 0.3) is 10.3 Å². The highest BCUT2D eigenvalue weighted by molar-refractivity contribution is 7.22. The van der Waals surface area contributed by atoms with Gasteiger partial charge in [-0.2, -0.15) is 4.98 Å². The molecule has 2 N–H and O–H groups in total. The van der Waals surface area contributed by atoms with Gasteiger partial charge >= 0.3 is 0 Å². The summed E-state index contributed by atoms with van der Waals surface area (Å²) < 4.78 is 20.7. The third-order valence-corrected chi connectivity index (χ3v) is 7.51. The summed E-state index contributed by atoms with van der Waals surface area (Å²) in [5, 5.41) is 0.928. The highest BCUT2D eigenvalue weighted by Crippen LogP contribution is 2.29. The van der Waals surface area contributed by atoms with Crippen molar-refractivity contribution >= 4 is 38.3 Å². The van der Waals surface area contributed by atoms with Crippen LogP contribution in [0.15, 0.2) is 30.5 Å². The fourth-order valence-corrected chi connectivity index (χ4v) is 5.51. The van der Waals surface area contributed by atoms with E-state index in [-0.39, 0.29) is 18.0 Å². The van der Waals surface area contributed by atoms with Crippen molar-refractivity contribution in [3.8, 4) is 0 Å². The third kappa shape index (κ3) is 5.00. The minimum atomic E-state index is -0.386. The number of fused-ring (bicyclic) bond motifs is 1. The highest BCUT2D eigenvalue weighted by Gasteiger charge is 2.21. The number of rotatable bonds is 6. The van der Waals surface area contributed by atoms with Crippen molar-refractivity contribution < 1.29 is 13.9 Å². The minimum absolute atomic E-state index is 0.119. The number of pyridine rings is 1. The highest BCUT2D eigenvalue weighted by atomic mass is 32.1. The van der Waals surface area contributed by atoms with Crippen LogP contribution in [-0.2, 0) is 11.2 Å². The topological polar surface area (TPSA) is 84.6 Å². The van der Waals surface area contributed by atoms with E-state index in [2.05, 4.69) is 19.8 Å². The van der Waals surface area contributed by atoms with Crippen LogP contribution in [0.1, 0.15) is 28.8 Å². The lowest BCUT2D eigenvalue weighted by atomic mass is 9.96. The summed E-state index contributed by atoms with van der Waals surface area (Å²) in [7, 11) is 0. The number of carbonyl (C=O) groups is 1. The molecule has 9 heteroatoms. The third-order valence-electron chi connectivity index (χ3n) is 6.46. The molecule has 2 aliphatic heterocycles. The number of thiazole rings is 1. The first-order chi connectivity index (χ1) is 16.1. The van der Waals surface area contributed by atoms with Gasteiger partial charge in [-0.1, -0.05) is 11.3 Å². The summed E-state index contributed by atoms with van der Waals surface area (Å²) in [5.41, 5.74) is 8.43. The van der Waals surface area contributed by atoms with Gasteiger partial charge in [-0.05, 0) is 55.1 Å². The fourth-order valence-electron chi connectivity index (χ4n) is 4.47. The van der Waals surface area contributed by atoms with E-state index >= 15 is 0 Å². The van der Waals surface area contributed by atoms with E-state index in [1.807, 2.05) is 12.1 Å². The van der Waals surface area contributed by atoms with E-state index in [9.17, 15) is 9.18 Å². The van der Waals surface area contributed by atoms with Gasteiger partial charge in [0, 0.05) is 50.0 Å². The first-order valence-corrected chi connectivity index (χ1v) is 12.3. The molecule has 4 heterocycles. The number of halogens is 1. The Morgan fingerprint density at radius 1 is 1.12 bits per heavy atom. The number of Topliss-reactive ketones (excluding diaryl/α,β-unsaturated/α-hetero) is 1. The maximum Gasteiger partial charge on any atom is 0.188 e. The van der Waals surface area contributed by atoms with Crippen LogP contribution < -0.4 is 15.5 Å². The molecule has 2 saturated heterocycles. The molecule has 5 rings (SSSR count). The maximum absolute atomic E-state index is 14.4. The largest absolute Gasteiger partial charge is 0.378 e. The Bertz CT molecular complexity index is 1140. The Kier molecular flexibility index (Phi) is 6.52. The predicted molar refractivity (Wildman–Crippen MR) is 129 cm³/mol. The molecule has 2 aliphatic rings. The molecule has 2 aromatic heterocycles. The second kappa shape index (κ2) is 9.70. The number of aromatic nitrogens is 2. The number of ketones is 1. The molecule has 0 amide bonds. The summed E-state index contributed by atoms with van der Waals surface area (Å²) in [6, 6.07) is 6.62. The van der Waals surface area contributed by atoms with Crippen LogP contribution in [0.4, 0.5) is 15.2 Å². The molecule has 0 spiro atoms.